The van der Waals surface area contributed by atoms with E-state index < -0.39 is 11.7 Å². The quantitative estimate of drug-likeness (QED) is 0.804. The molecule has 17 heavy (non-hydrogen) atoms. The van der Waals surface area contributed by atoms with E-state index in [0.717, 1.165) is 18.6 Å². The summed E-state index contributed by atoms with van der Waals surface area (Å²) in [5.74, 6) is 0.678. The van der Waals surface area contributed by atoms with Gasteiger partial charge in [-0.2, -0.15) is 13.2 Å². The SMILES string of the molecule is C[C@H]1CCN=C(c2ccc(C(F)(F)F)cc2)N1. The van der Waals surface area contributed by atoms with Gasteiger partial charge in [0.25, 0.3) is 0 Å². The van der Waals surface area contributed by atoms with Crippen molar-refractivity contribution in [3.8, 4) is 0 Å². The van der Waals surface area contributed by atoms with Crippen LogP contribution in [-0.4, -0.2) is 18.4 Å². The fourth-order valence-electron chi connectivity index (χ4n) is 1.71. The van der Waals surface area contributed by atoms with Crippen LogP contribution < -0.4 is 5.32 Å². The van der Waals surface area contributed by atoms with Crippen LogP contribution in [0.25, 0.3) is 0 Å². The van der Waals surface area contributed by atoms with E-state index in [9.17, 15) is 13.2 Å². The molecule has 1 heterocycles. The van der Waals surface area contributed by atoms with E-state index in [1.807, 2.05) is 6.92 Å². The van der Waals surface area contributed by atoms with Gasteiger partial charge >= 0.3 is 6.18 Å². The summed E-state index contributed by atoms with van der Waals surface area (Å²) >= 11 is 0. The fraction of sp³-hybridized carbons (Fsp3) is 0.417. The second-order valence-corrected chi connectivity index (χ2v) is 4.14. The largest absolute Gasteiger partial charge is 0.416 e. The number of hydrogen-bond acceptors (Lipinski definition) is 2. The Morgan fingerprint density at radius 2 is 1.88 bits per heavy atom. The minimum Gasteiger partial charge on any atom is -0.367 e. The number of nitrogens with one attached hydrogen (secondary N) is 1. The molecule has 0 bridgehead atoms. The first-order valence-electron chi connectivity index (χ1n) is 5.45. The number of hydrogen-bond donors (Lipinski definition) is 1. The number of halogens is 3. The molecule has 0 aliphatic carbocycles. The lowest BCUT2D eigenvalue weighted by Gasteiger charge is -2.21. The van der Waals surface area contributed by atoms with Crippen molar-refractivity contribution in [2.45, 2.75) is 25.6 Å². The molecule has 0 amide bonds. The maximum Gasteiger partial charge on any atom is 0.416 e. The number of nitrogens with zero attached hydrogens (tertiary/aromatic N) is 1. The Hall–Kier alpha value is -1.52. The lowest BCUT2D eigenvalue weighted by Crippen LogP contribution is -2.37. The van der Waals surface area contributed by atoms with E-state index in [0.29, 0.717) is 24.0 Å². The zero-order valence-corrected chi connectivity index (χ0v) is 9.38. The third-order valence-electron chi connectivity index (χ3n) is 2.70. The summed E-state index contributed by atoms with van der Waals surface area (Å²) in [4.78, 5) is 4.27. The molecule has 0 saturated heterocycles. The molecule has 0 radical (unpaired) electrons. The van der Waals surface area contributed by atoms with Gasteiger partial charge in [-0.05, 0) is 25.5 Å². The van der Waals surface area contributed by atoms with Crippen LogP contribution in [0, 0.1) is 0 Å². The molecule has 0 spiro atoms. The van der Waals surface area contributed by atoms with Gasteiger partial charge in [0.15, 0.2) is 0 Å². The first-order valence-corrected chi connectivity index (χ1v) is 5.45. The normalized spacial score (nSPS) is 20.7. The fourth-order valence-corrected chi connectivity index (χ4v) is 1.71. The highest BCUT2D eigenvalue weighted by molar-refractivity contribution is 5.99. The summed E-state index contributed by atoms with van der Waals surface area (Å²) in [5, 5.41) is 3.16. The van der Waals surface area contributed by atoms with Gasteiger partial charge in [0.05, 0.1) is 5.56 Å². The Labute approximate surface area is 97.6 Å². The van der Waals surface area contributed by atoms with Gasteiger partial charge in [-0.3, -0.25) is 4.99 Å². The van der Waals surface area contributed by atoms with Crippen LogP contribution in [0.1, 0.15) is 24.5 Å². The van der Waals surface area contributed by atoms with Gasteiger partial charge < -0.3 is 5.32 Å². The molecule has 1 aliphatic rings. The molecule has 0 fully saturated rings. The highest BCUT2D eigenvalue weighted by Crippen LogP contribution is 2.29. The average molecular weight is 242 g/mol. The topological polar surface area (TPSA) is 24.4 Å². The zero-order valence-electron chi connectivity index (χ0n) is 9.38. The third-order valence-corrected chi connectivity index (χ3v) is 2.70. The molecule has 92 valence electrons. The smallest absolute Gasteiger partial charge is 0.367 e. The van der Waals surface area contributed by atoms with E-state index in [1.165, 1.54) is 12.1 Å². The summed E-state index contributed by atoms with van der Waals surface area (Å²) < 4.78 is 37.1. The second kappa shape index (κ2) is 4.39. The minimum absolute atomic E-state index is 0.310. The molecule has 2 nitrogen and oxygen atoms in total. The highest BCUT2D eigenvalue weighted by Gasteiger charge is 2.30. The molecule has 0 unspecified atom stereocenters. The molecular formula is C12H13F3N2. The number of benzene rings is 1. The van der Waals surface area contributed by atoms with Crippen molar-refractivity contribution in [1.29, 1.82) is 0 Å². The van der Waals surface area contributed by atoms with Crippen molar-refractivity contribution >= 4 is 5.84 Å². The average Bonchev–Trinajstić information content (AvgIpc) is 2.28. The number of amidine groups is 1. The van der Waals surface area contributed by atoms with Crippen LogP contribution >= 0.6 is 0 Å². The Morgan fingerprint density at radius 3 is 2.41 bits per heavy atom. The minimum atomic E-state index is -4.28. The van der Waals surface area contributed by atoms with Crippen molar-refractivity contribution in [3.63, 3.8) is 0 Å². The molecule has 5 heteroatoms. The maximum absolute atomic E-state index is 12.4. The summed E-state index contributed by atoms with van der Waals surface area (Å²) in [7, 11) is 0. The lowest BCUT2D eigenvalue weighted by molar-refractivity contribution is -0.137. The van der Waals surface area contributed by atoms with E-state index in [2.05, 4.69) is 10.3 Å². The van der Waals surface area contributed by atoms with Gasteiger partial charge in [-0.1, -0.05) is 12.1 Å². The monoisotopic (exact) mass is 242 g/mol. The predicted octanol–water partition coefficient (Wildman–Crippen LogP) is 2.83. The first kappa shape index (κ1) is 12.0. The Balaban J connectivity index is 2.21. The van der Waals surface area contributed by atoms with Gasteiger partial charge in [0.2, 0.25) is 0 Å². The van der Waals surface area contributed by atoms with Crippen molar-refractivity contribution in [1.82, 2.24) is 5.32 Å². The zero-order chi connectivity index (χ0) is 12.5. The molecule has 1 N–H and O–H groups in total. The van der Waals surface area contributed by atoms with Crippen LogP contribution in [0.15, 0.2) is 29.3 Å². The van der Waals surface area contributed by atoms with E-state index in [-0.39, 0.29) is 0 Å². The van der Waals surface area contributed by atoms with Crippen molar-refractivity contribution < 1.29 is 13.2 Å². The highest BCUT2D eigenvalue weighted by atomic mass is 19.4. The number of alkyl halides is 3. The molecule has 1 aromatic rings. The summed E-state index contributed by atoms with van der Waals surface area (Å²) in [6, 6.07) is 5.38. The Kier molecular flexibility index (Phi) is 3.09. The van der Waals surface area contributed by atoms with Gasteiger partial charge in [0, 0.05) is 18.2 Å². The van der Waals surface area contributed by atoms with Crippen LogP contribution in [0.2, 0.25) is 0 Å². The molecule has 1 atom stereocenters. The number of rotatable bonds is 1. The molecule has 2 rings (SSSR count). The standard InChI is InChI=1S/C12H13F3N2/c1-8-6-7-16-11(17-8)9-2-4-10(5-3-9)12(13,14)15/h2-5,8H,6-7H2,1H3,(H,16,17)/t8-/m0/s1. The summed E-state index contributed by atoms with van der Waals surface area (Å²) in [6.07, 6.45) is -3.34. The Bertz CT molecular complexity index is 420. The van der Waals surface area contributed by atoms with Crippen molar-refractivity contribution in [3.05, 3.63) is 35.4 Å². The van der Waals surface area contributed by atoms with E-state index in [4.69, 9.17) is 0 Å². The summed E-state index contributed by atoms with van der Waals surface area (Å²) in [5.41, 5.74) is 0.0651. The molecule has 0 saturated carbocycles. The van der Waals surface area contributed by atoms with Gasteiger partial charge in [-0.15, -0.1) is 0 Å². The molecule has 1 aliphatic heterocycles. The first-order chi connectivity index (χ1) is 7.97. The van der Waals surface area contributed by atoms with Crippen LogP contribution in [-0.2, 0) is 6.18 Å². The van der Waals surface area contributed by atoms with Gasteiger partial charge in [0.1, 0.15) is 5.84 Å². The van der Waals surface area contributed by atoms with Crippen LogP contribution in [0.4, 0.5) is 13.2 Å². The van der Waals surface area contributed by atoms with E-state index >= 15 is 0 Å². The van der Waals surface area contributed by atoms with Gasteiger partial charge in [-0.25, -0.2) is 0 Å². The predicted molar refractivity (Wildman–Crippen MR) is 60.1 cm³/mol. The third kappa shape index (κ3) is 2.78. The number of aliphatic imine (C=N–C) groups is 1. The maximum atomic E-state index is 12.4. The summed E-state index contributed by atoms with van der Waals surface area (Å²) in [6.45, 7) is 2.74. The van der Waals surface area contributed by atoms with Crippen LogP contribution in [0.3, 0.4) is 0 Å². The molecule has 1 aromatic carbocycles. The van der Waals surface area contributed by atoms with Crippen molar-refractivity contribution in [2.24, 2.45) is 4.99 Å². The van der Waals surface area contributed by atoms with Crippen LogP contribution in [0.5, 0.6) is 0 Å². The lowest BCUT2D eigenvalue weighted by atomic mass is 10.1. The van der Waals surface area contributed by atoms with E-state index in [1.54, 1.807) is 0 Å². The Morgan fingerprint density at radius 1 is 1.24 bits per heavy atom. The van der Waals surface area contributed by atoms with Crippen molar-refractivity contribution in [2.75, 3.05) is 6.54 Å². The molecule has 0 aromatic heterocycles. The molecular weight excluding hydrogens is 229 g/mol. The second-order valence-electron chi connectivity index (χ2n) is 4.14.